The maximum absolute atomic E-state index is 13.4. The van der Waals surface area contributed by atoms with Gasteiger partial charge < -0.3 is 0 Å². The molecule has 0 atom stereocenters. The fourth-order valence-electron chi connectivity index (χ4n) is 3.89. The summed E-state index contributed by atoms with van der Waals surface area (Å²) in [5.74, 6) is 0.00162. The van der Waals surface area contributed by atoms with Crippen LogP contribution < -0.4 is 9.80 Å². The molecule has 184 valence electrons. The lowest BCUT2D eigenvalue weighted by molar-refractivity contribution is -0.115. The number of nitrogens with zero attached hydrogens (tertiary/aromatic N) is 3. The lowest BCUT2D eigenvalue weighted by atomic mass is 10.1. The van der Waals surface area contributed by atoms with E-state index in [0.29, 0.717) is 28.6 Å². The van der Waals surface area contributed by atoms with Crippen molar-refractivity contribution in [3.8, 4) is 0 Å². The third-order valence-corrected chi connectivity index (χ3v) is 8.60. The van der Waals surface area contributed by atoms with Crippen LogP contribution in [0.1, 0.15) is 49.9 Å². The second-order valence-electron chi connectivity index (χ2n) is 8.75. The van der Waals surface area contributed by atoms with Crippen LogP contribution in [0.5, 0.6) is 0 Å². The first-order valence-electron chi connectivity index (χ1n) is 11.7. The van der Waals surface area contributed by atoms with E-state index in [-0.39, 0.29) is 28.4 Å². The van der Waals surface area contributed by atoms with Gasteiger partial charge >= 0.3 is 0 Å². The monoisotopic (exact) mass is 511 g/mol. The highest BCUT2D eigenvalue weighted by atomic mass is 32.2. The molecule has 1 aliphatic carbocycles. The molecule has 0 spiro atoms. The van der Waals surface area contributed by atoms with Gasteiger partial charge in [0.25, 0.3) is 5.91 Å². The van der Waals surface area contributed by atoms with Crippen LogP contribution in [0.4, 0.5) is 16.5 Å². The summed E-state index contributed by atoms with van der Waals surface area (Å²) in [6, 6.07) is 13.3. The van der Waals surface area contributed by atoms with Gasteiger partial charge in [0, 0.05) is 42.0 Å². The fraction of sp³-hybridized carbons (Fsp3) is 0.346. The normalized spacial score (nSPS) is 13.4. The summed E-state index contributed by atoms with van der Waals surface area (Å²) in [6.45, 7) is 4.06. The van der Waals surface area contributed by atoms with Gasteiger partial charge in [-0.05, 0) is 67.6 Å². The Bertz CT molecular complexity index is 1280. The Labute approximate surface area is 210 Å². The second-order valence-corrected chi connectivity index (χ2v) is 11.7. The van der Waals surface area contributed by atoms with E-state index < -0.39 is 9.84 Å². The number of unbranched alkanes of at least 4 members (excludes halogenated alkanes) is 1. The molecule has 0 N–H and O–H groups in total. The number of rotatable bonds is 10. The highest BCUT2D eigenvalue weighted by Gasteiger charge is 2.29. The van der Waals surface area contributed by atoms with Gasteiger partial charge in [-0.15, -0.1) is 11.3 Å². The fourth-order valence-corrected chi connectivity index (χ4v) is 6.25. The number of anilines is 3. The van der Waals surface area contributed by atoms with E-state index in [1.54, 1.807) is 59.6 Å². The molecule has 35 heavy (non-hydrogen) atoms. The highest BCUT2D eigenvalue weighted by Crippen LogP contribution is 2.33. The largest absolute Gasteiger partial charge is 0.284 e. The first kappa shape index (κ1) is 25.1. The molecule has 4 rings (SSSR count). The minimum Gasteiger partial charge on any atom is -0.284 e. The van der Waals surface area contributed by atoms with E-state index in [1.807, 2.05) is 5.38 Å². The lowest BCUT2D eigenvalue weighted by Gasteiger charge is -2.24. The van der Waals surface area contributed by atoms with Crippen molar-refractivity contribution in [2.75, 3.05) is 22.1 Å². The van der Waals surface area contributed by atoms with E-state index in [0.717, 1.165) is 25.7 Å². The standard InChI is InChI=1S/C26H29N3O4S2/c1-3-4-15-28(26-27-14-16-34-26)25(31)21-6-5-7-23(17-21)29(19(2)30)22-10-12-24(13-11-22)35(32,33)18-20-8-9-20/h5-7,10-14,16-17,20H,3-4,8-9,15,18H2,1-2H3. The van der Waals surface area contributed by atoms with Gasteiger partial charge in [-0.25, -0.2) is 13.4 Å². The van der Waals surface area contributed by atoms with Crippen molar-refractivity contribution in [1.29, 1.82) is 0 Å². The number of hydrogen-bond acceptors (Lipinski definition) is 6. The van der Waals surface area contributed by atoms with Crippen LogP contribution in [0.15, 0.2) is 65.0 Å². The quantitative estimate of drug-likeness (QED) is 0.361. The van der Waals surface area contributed by atoms with Gasteiger partial charge in [-0.3, -0.25) is 19.4 Å². The first-order valence-corrected chi connectivity index (χ1v) is 14.3. The Morgan fingerprint density at radius 2 is 1.83 bits per heavy atom. The van der Waals surface area contributed by atoms with Crippen molar-refractivity contribution in [3.05, 3.63) is 65.7 Å². The first-order chi connectivity index (χ1) is 16.8. The van der Waals surface area contributed by atoms with E-state index in [4.69, 9.17) is 0 Å². The number of carbonyl (C=O) groups excluding carboxylic acids is 2. The van der Waals surface area contributed by atoms with Crippen LogP contribution in [0.2, 0.25) is 0 Å². The zero-order valence-electron chi connectivity index (χ0n) is 19.9. The van der Waals surface area contributed by atoms with E-state index in [9.17, 15) is 18.0 Å². The van der Waals surface area contributed by atoms with Gasteiger partial charge in [-0.2, -0.15) is 0 Å². The number of sulfone groups is 1. The van der Waals surface area contributed by atoms with Gasteiger partial charge in [0.15, 0.2) is 15.0 Å². The molecule has 0 unspecified atom stereocenters. The summed E-state index contributed by atoms with van der Waals surface area (Å²) >= 11 is 1.41. The molecule has 2 aromatic carbocycles. The number of carbonyl (C=O) groups is 2. The van der Waals surface area contributed by atoms with Crippen LogP contribution in [0.25, 0.3) is 0 Å². The molecule has 9 heteroatoms. The summed E-state index contributed by atoms with van der Waals surface area (Å²) in [7, 11) is -3.34. The van der Waals surface area contributed by atoms with Crippen LogP contribution >= 0.6 is 11.3 Å². The van der Waals surface area contributed by atoms with Crippen molar-refractivity contribution < 1.29 is 18.0 Å². The average Bonchev–Trinajstić information content (AvgIpc) is 3.47. The molecule has 1 heterocycles. The number of thiazole rings is 1. The molecule has 3 aromatic rings. The number of aromatic nitrogens is 1. The van der Waals surface area contributed by atoms with Crippen molar-refractivity contribution in [2.24, 2.45) is 5.92 Å². The molecule has 7 nitrogen and oxygen atoms in total. The molecule has 0 bridgehead atoms. The summed E-state index contributed by atoms with van der Waals surface area (Å²) in [5, 5.41) is 2.48. The zero-order valence-corrected chi connectivity index (χ0v) is 21.5. The Balaban J connectivity index is 1.61. The van der Waals surface area contributed by atoms with E-state index in [2.05, 4.69) is 11.9 Å². The third kappa shape index (κ3) is 5.97. The topological polar surface area (TPSA) is 87.7 Å². The molecule has 1 aromatic heterocycles. The van der Waals surface area contributed by atoms with Crippen LogP contribution in [0, 0.1) is 5.92 Å². The molecule has 1 aliphatic rings. The average molecular weight is 512 g/mol. The van der Waals surface area contributed by atoms with E-state index >= 15 is 0 Å². The van der Waals surface area contributed by atoms with Crippen molar-refractivity contribution in [1.82, 2.24) is 4.98 Å². The number of hydrogen-bond donors (Lipinski definition) is 0. The Morgan fingerprint density at radius 3 is 2.43 bits per heavy atom. The second kappa shape index (κ2) is 10.7. The minimum absolute atomic E-state index is 0.167. The van der Waals surface area contributed by atoms with E-state index in [1.165, 1.54) is 23.2 Å². The smallest absolute Gasteiger partial charge is 0.260 e. The molecular weight excluding hydrogens is 482 g/mol. The number of amides is 2. The summed E-state index contributed by atoms with van der Waals surface area (Å²) in [4.78, 5) is 33.7. The molecule has 0 aliphatic heterocycles. The Kier molecular flexibility index (Phi) is 7.66. The molecule has 1 saturated carbocycles. The van der Waals surface area contributed by atoms with Gasteiger partial charge in [0.2, 0.25) is 5.91 Å². The highest BCUT2D eigenvalue weighted by molar-refractivity contribution is 7.91. The molecule has 0 saturated heterocycles. The minimum atomic E-state index is -3.34. The molecule has 0 radical (unpaired) electrons. The predicted molar refractivity (Wildman–Crippen MR) is 139 cm³/mol. The van der Waals surface area contributed by atoms with Crippen LogP contribution in [0.3, 0.4) is 0 Å². The summed E-state index contributed by atoms with van der Waals surface area (Å²) in [5.41, 5.74) is 1.52. The van der Waals surface area contributed by atoms with Crippen molar-refractivity contribution in [2.45, 2.75) is 44.4 Å². The molecular formula is C26H29N3O4S2. The van der Waals surface area contributed by atoms with Crippen molar-refractivity contribution >= 4 is 49.5 Å². The maximum atomic E-state index is 13.4. The van der Waals surface area contributed by atoms with Crippen LogP contribution in [-0.2, 0) is 14.6 Å². The number of benzene rings is 2. The maximum Gasteiger partial charge on any atom is 0.260 e. The Morgan fingerprint density at radius 1 is 1.09 bits per heavy atom. The Hall–Kier alpha value is -3.04. The van der Waals surface area contributed by atoms with Crippen molar-refractivity contribution in [3.63, 3.8) is 0 Å². The van der Waals surface area contributed by atoms with Gasteiger partial charge in [0.05, 0.1) is 10.6 Å². The lowest BCUT2D eigenvalue weighted by Crippen LogP contribution is -2.32. The third-order valence-electron chi connectivity index (χ3n) is 5.90. The predicted octanol–water partition coefficient (Wildman–Crippen LogP) is 5.46. The van der Waals surface area contributed by atoms with Gasteiger partial charge in [-0.1, -0.05) is 19.4 Å². The zero-order chi connectivity index (χ0) is 25.0. The SMILES string of the molecule is CCCCN(C(=O)c1cccc(N(C(C)=O)c2ccc(S(=O)(=O)CC3CC3)cc2)c1)c1nccs1. The summed E-state index contributed by atoms with van der Waals surface area (Å²) < 4.78 is 25.2. The summed E-state index contributed by atoms with van der Waals surface area (Å²) in [6.07, 6.45) is 5.39. The van der Waals surface area contributed by atoms with Gasteiger partial charge in [0.1, 0.15) is 0 Å². The molecule has 1 fully saturated rings. The van der Waals surface area contributed by atoms with Crippen LogP contribution in [-0.4, -0.2) is 37.5 Å². The molecule has 2 amide bonds.